The zero-order valence-corrected chi connectivity index (χ0v) is 15.3. The van der Waals surface area contributed by atoms with Gasteiger partial charge in [0.25, 0.3) is 0 Å². The van der Waals surface area contributed by atoms with Gasteiger partial charge in [-0.05, 0) is 30.7 Å². The highest BCUT2D eigenvalue weighted by Crippen LogP contribution is 2.31. The van der Waals surface area contributed by atoms with Gasteiger partial charge in [0.15, 0.2) is 11.5 Å². The number of aromatic nitrogens is 1. The molecule has 1 aliphatic heterocycles. The predicted molar refractivity (Wildman–Crippen MR) is 104 cm³/mol. The van der Waals surface area contributed by atoms with Crippen molar-refractivity contribution in [3.05, 3.63) is 59.8 Å². The van der Waals surface area contributed by atoms with Crippen LogP contribution >= 0.6 is 0 Å². The number of carbonyl (C=O) groups is 1. The molecular formula is C21H23N3O3. The molecule has 3 aromatic rings. The lowest BCUT2D eigenvalue weighted by atomic mass is 10.1. The van der Waals surface area contributed by atoms with Crippen LogP contribution in [0.3, 0.4) is 0 Å². The van der Waals surface area contributed by atoms with Crippen LogP contribution in [0.1, 0.15) is 11.3 Å². The van der Waals surface area contributed by atoms with Gasteiger partial charge >= 0.3 is 0 Å². The third-order valence-electron chi connectivity index (χ3n) is 4.92. The molecular weight excluding hydrogens is 342 g/mol. The number of fused-ring (bicyclic) bond motifs is 2. The van der Waals surface area contributed by atoms with E-state index in [-0.39, 0.29) is 18.6 Å². The van der Waals surface area contributed by atoms with Crippen LogP contribution < -0.4 is 20.5 Å². The standard InChI is InChI=1S/C21H23N3O3/c1-14-17(16-6-2-3-7-18(16)24(14)12-21(22)25)11-23-10-15-13-26-19-8-4-5-9-20(19)27-15/h2-9,15,23H,10-13H2,1H3,(H2,22,25). The van der Waals surface area contributed by atoms with Gasteiger partial charge in [-0.15, -0.1) is 0 Å². The number of ether oxygens (including phenoxy) is 2. The van der Waals surface area contributed by atoms with Crippen LogP contribution in [0.4, 0.5) is 0 Å². The van der Waals surface area contributed by atoms with Gasteiger partial charge in [0.1, 0.15) is 19.3 Å². The first-order valence-electron chi connectivity index (χ1n) is 9.07. The van der Waals surface area contributed by atoms with Gasteiger partial charge in [-0.1, -0.05) is 30.3 Å². The highest BCUT2D eigenvalue weighted by molar-refractivity contribution is 5.87. The minimum Gasteiger partial charge on any atom is -0.486 e. The lowest BCUT2D eigenvalue weighted by Crippen LogP contribution is -2.38. The van der Waals surface area contributed by atoms with E-state index in [1.165, 1.54) is 5.56 Å². The highest BCUT2D eigenvalue weighted by atomic mass is 16.6. The number of amides is 1. The Morgan fingerprint density at radius 2 is 1.93 bits per heavy atom. The largest absolute Gasteiger partial charge is 0.486 e. The number of primary amides is 1. The summed E-state index contributed by atoms with van der Waals surface area (Å²) in [6, 6.07) is 15.8. The summed E-state index contributed by atoms with van der Waals surface area (Å²) in [6.07, 6.45) is -0.0424. The van der Waals surface area contributed by atoms with Gasteiger partial charge in [-0.2, -0.15) is 0 Å². The average Bonchev–Trinajstić information content (AvgIpc) is 2.93. The molecule has 27 heavy (non-hydrogen) atoms. The number of nitrogens with one attached hydrogen (secondary N) is 1. The minimum absolute atomic E-state index is 0.0424. The molecule has 3 N–H and O–H groups in total. The van der Waals surface area contributed by atoms with E-state index in [2.05, 4.69) is 11.4 Å². The lowest BCUT2D eigenvalue weighted by molar-refractivity contribution is -0.118. The van der Waals surface area contributed by atoms with Crippen LogP contribution in [-0.2, 0) is 17.9 Å². The summed E-state index contributed by atoms with van der Waals surface area (Å²) in [7, 11) is 0. The third-order valence-corrected chi connectivity index (χ3v) is 4.92. The second-order valence-corrected chi connectivity index (χ2v) is 6.76. The summed E-state index contributed by atoms with van der Waals surface area (Å²) < 4.78 is 13.7. The molecule has 140 valence electrons. The van der Waals surface area contributed by atoms with Crippen molar-refractivity contribution in [2.45, 2.75) is 26.1 Å². The van der Waals surface area contributed by atoms with Crippen LogP contribution in [0.2, 0.25) is 0 Å². The third kappa shape index (κ3) is 3.48. The van der Waals surface area contributed by atoms with Crippen molar-refractivity contribution in [3.63, 3.8) is 0 Å². The van der Waals surface area contributed by atoms with Gasteiger partial charge in [0, 0.05) is 29.7 Å². The van der Waals surface area contributed by atoms with Crippen molar-refractivity contribution < 1.29 is 14.3 Å². The van der Waals surface area contributed by atoms with Crippen LogP contribution in [0, 0.1) is 6.92 Å². The minimum atomic E-state index is -0.343. The van der Waals surface area contributed by atoms with Crippen LogP contribution in [0.25, 0.3) is 10.9 Å². The van der Waals surface area contributed by atoms with Crippen LogP contribution in [-0.4, -0.2) is 29.7 Å². The second-order valence-electron chi connectivity index (χ2n) is 6.76. The van der Waals surface area contributed by atoms with Crippen molar-refractivity contribution >= 4 is 16.8 Å². The number of nitrogens with zero attached hydrogens (tertiary/aromatic N) is 1. The maximum Gasteiger partial charge on any atom is 0.237 e. The molecule has 1 amide bonds. The fourth-order valence-electron chi connectivity index (χ4n) is 3.61. The SMILES string of the molecule is Cc1c(CNCC2COc3ccccc3O2)c2ccccc2n1CC(N)=O. The summed E-state index contributed by atoms with van der Waals surface area (Å²) in [6.45, 7) is 4.08. The molecule has 1 atom stereocenters. The number of hydrogen-bond acceptors (Lipinski definition) is 4. The Balaban J connectivity index is 1.47. The molecule has 0 spiro atoms. The monoisotopic (exact) mass is 365 g/mol. The van der Waals surface area contributed by atoms with Crippen LogP contribution in [0.15, 0.2) is 48.5 Å². The van der Waals surface area contributed by atoms with Gasteiger partial charge < -0.3 is 25.1 Å². The molecule has 0 saturated heterocycles. The number of benzene rings is 2. The fourth-order valence-corrected chi connectivity index (χ4v) is 3.61. The van der Waals surface area contributed by atoms with Crippen molar-refractivity contribution in [2.24, 2.45) is 5.73 Å². The molecule has 0 radical (unpaired) electrons. The van der Waals surface area contributed by atoms with Gasteiger partial charge in [0.2, 0.25) is 5.91 Å². The molecule has 0 saturated carbocycles. The van der Waals surface area contributed by atoms with Gasteiger partial charge in [-0.25, -0.2) is 0 Å². The maximum absolute atomic E-state index is 11.5. The van der Waals surface area contributed by atoms with Crippen molar-refractivity contribution in [2.75, 3.05) is 13.2 Å². The molecule has 2 heterocycles. The molecule has 0 bridgehead atoms. The Labute approximate surface area is 157 Å². The van der Waals surface area contributed by atoms with Gasteiger partial charge in [-0.3, -0.25) is 4.79 Å². The van der Waals surface area contributed by atoms with E-state index in [9.17, 15) is 4.79 Å². The van der Waals surface area contributed by atoms with E-state index in [1.54, 1.807) is 0 Å². The highest BCUT2D eigenvalue weighted by Gasteiger charge is 2.21. The first kappa shape index (κ1) is 17.4. The average molecular weight is 365 g/mol. The Morgan fingerprint density at radius 1 is 1.19 bits per heavy atom. The zero-order chi connectivity index (χ0) is 18.8. The lowest BCUT2D eigenvalue weighted by Gasteiger charge is -2.26. The van der Waals surface area contributed by atoms with Crippen LogP contribution in [0.5, 0.6) is 11.5 Å². The quantitative estimate of drug-likeness (QED) is 0.703. The number of nitrogens with two attached hydrogens (primary N) is 1. The summed E-state index contributed by atoms with van der Waals surface area (Å²) >= 11 is 0. The van der Waals surface area contributed by atoms with E-state index in [0.717, 1.165) is 28.1 Å². The molecule has 1 aromatic heterocycles. The number of para-hydroxylation sites is 3. The summed E-state index contributed by atoms with van der Waals surface area (Å²) in [4.78, 5) is 11.5. The van der Waals surface area contributed by atoms with Crippen molar-refractivity contribution in [1.82, 2.24) is 9.88 Å². The summed E-state index contributed by atoms with van der Waals surface area (Å²) in [5, 5.41) is 4.60. The van der Waals surface area contributed by atoms with E-state index < -0.39 is 0 Å². The number of rotatable bonds is 6. The Morgan fingerprint density at radius 3 is 2.74 bits per heavy atom. The number of carbonyl (C=O) groups excluding carboxylic acids is 1. The van der Waals surface area contributed by atoms with Crippen molar-refractivity contribution in [1.29, 1.82) is 0 Å². The molecule has 6 heteroatoms. The summed E-state index contributed by atoms with van der Waals surface area (Å²) in [5.41, 5.74) is 8.67. The second kappa shape index (κ2) is 7.32. The predicted octanol–water partition coefficient (Wildman–Crippen LogP) is 2.36. The van der Waals surface area contributed by atoms with E-state index in [1.807, 2.05) is 54.0 Å². The molecule has 0 aliphatic carbocycles. The molecule has 6 nitrogen and oxygen atoms in total. The first-order chi connectivity index (χ1) is 13.1. The van der Waals surface area contributed by atoms with E-state index >= 15 is 0 Å². The Kier molecular flexibility index (Phi) is 4.73. The van der Waals surface area contributed by atoms with Gasteiger partial charge in [0.05, 0.1) is 0 Å². The number of hydrogen-bond donors (Lipinski definition) is 2. The molecule has 2 aromatic carbocycles. The van der Waals surface area contributed by atoms with E-state index in [4.69, 9.17) is 15.2 Å². The molecule has 1 aliphatic rings. The Bertz CT molecular complexity index is 980. The normalized spacial score (nSPS) is 15.8. The van der Waals surface area contributed by atoms with Crippen molar-refractivity contribution in [3.8, 4) is 11.5 Å². The topological polar surface area (TPSA) is 78.5 Å². The fraction of sp³-hybridized carbons (Fsp3) is 0.286. The summed E-state index contributed by atoms with van der Waals surface area (Å²) in [5.74, 6) is 1.23. The Hall–Kier alpha value is -2.99. The molecule has 0 fully saturated rings. The maximum atomic E-state index is 11.5. The smallest absolute Gasteiger partial charge is 0.237 e. The molecule has 1 unspecified atom stereocenters. The van der Waals surface area contributed by atoms with E-state index in [0.29, 0.717) is 19.7 Å². The zero-order valence-electron chi connectivity index (χ0n) is 15.3. The molecule has 4 rings (SSSR count). The first-order valence-corrected chi connectivity index (χ1v) is 9.07.